The molecule has 0 aliphatic carbocycles. The molecule has 0 saturated carbocycles. The zero-order valence-corrected chi connectivity index (χ0v) is 45.9. The van der Waals surface area contributed by atoms with E-state index < -0.39 is 20.8 Å². The van der Waals surface area contributed by atoms with Gasteiger partial charge in [-0.3, -0.25) is 17.6 Å². The van der Waals surface area contributed by atoms with Gasteiger partial charge in [-0.1, -0.05) is 78.9 Å². The number of allylic oxidation sites excluding steroid dienone is 2. The van der Waals surface area contributed by atoms with Gasteiger partial charge < -0.3 is 19.3 Å². The molecule has 16 nitrogen and oxygen atoms in total. The number of benzene rings is 6. The van der Waals surface area contributed by atoms with Crippen molar-refractivity contribution in [1.82, 2.24) is 0 Å². The lowest BCUT2D eigenvalue weighted by Crippen LogP contribution is -2.28. The van der Waals surface area contributed by atoms with Crippen LogP contribution in [0.25, 0.3) is 38.0 Å². The highest BCUT2D eigenvalue weighted by Gasteiger charge is 2.19. The maximum atomic E-state index is 9.92. The zero-order chi connectivity index (χ0) is 54.0. The molecule has 3 aliphatic heterocycles. The molecule has 0 unspecified atom stereocenters. The Morgan fingerprint density at radius 3 is 1.75 bits per heavy atom. The molecule has 2 saturated heterocycles. The van der Waals surface area contributed by atoms with E-state index in [1.54, 1.807) is 0 Å². The summed E-state index contributed by atoms with van der Waals surface area (Å²) in [6, 6.07) is 44.8. The SMILES string of the molecule is CN(/N=C\c1cc[n+](C)c2ccccc12)c1ccc(N2CCCC2)c2ccccc12.CN1C=C/C(=C\N=Nc2ccc(N3CCCC3)c3ccccc23)c2ccccc21.COS(=O)(=O)OC.COS(=O)(=O)[O-].ClCCl. The van der Waals surface area contributed by atoms with Crippen LogP contribution >= 0.6 is 23.2 Å². The first kappa shape index (κ1) is 57.8. The number of azo groups is 1. The quantitative estimate of drug-likeness (QED) is 0.0242. The summed E-state index contributed by atoms with van der Waals surface area (Å²) in [6.45, 7) is 4.57. The van der Waals surface area contributed by atoms with Crippen LogP contribution in [0.1, 0.15) is 36.8 Å². The monoisotopic (exact) mass is 1100 g/mol. The third kappa shape index (κ3) is 15.8. The van der Waals surface area contributed by atoms with Crippen molar-refractivity contribution in [1.29, 1.82) is 0 Å². The molecule has 10 rings (SSSR count). The number of nitrogens with zero attached hydrogens (tertiary/aromatic N) is 8. The van der Waals surface area contributed by atoms with Crippen molar-refractivity contribution < 1.29 is 38.5 Å². The number of hydrogen-bond donors (Lipinski definition) is 0. The van der Waals surface area contributed by atoms with Crippen LogP contribution in [0, 0.1) is 0 Å². The first-order valence-corrected chi connectivity index (χ1v) is 27.7. The van der Waals surface area contributed by atoms with Crippen LogP contribution in [0.15, 0.2) is 167 Å². The Balaban J connectivity index is 0.000000190. The van der Waals surface area contributed by atoms with Crippen molar-refractivity contribution in [2.75, 3.05) is 86.7 Å². The van der Waals surface area contributed by atoms with Crippen molar-refractivity contribution in [2.24, 2.45) is 22.4 Å². The Labute approximate surface area is 450 Å². The fourth-order valence-corrected chi connectivity index (χ4v) is 8.94. The van der Waals surface area contributed by atoms with E-state index in [9.17, 15) is 21.4 Å². The number of aryl methyl sites for hydroxylation is 1. The molecule has 7 aromatic rings. The average Bonchev–Trinajstić information content (AvgIpc) is 4.19. The minimum atomic E-state index is -4.41. The maximum Gasteiger partial charge on any atom is 0.399 e. The largest absolute Gasteiger partial charge is 0.726 e. The van der Waals surface area contributed by atoms with E-state index in [1.807, 2.05) is 24.5 Å². The van der Waals surface area contributed by atoms with Crippen molar-refractivity contribution in [3.8, 4) is 0 Å². The van der Waals surface area contributed by atoms with E-state index in [0.29, 0.717) is 0 Å². The van der Waals surface area contributed by atoms with Crippen molar-refractivity contribution in [3.05, 3.63) is 163 Å². The van der Waals surface area contributed by atoms with E-state index in [2.05, 4.69) is 202 Å². The van der Waals surface area contributed by atoms with Gasteiger partial charge in [0.2, 0.25) is 15.9 Å². The molecule has 2 fully saturated rings. The lowest BCUT2D eigenvalue weighted by molar-refractivity contribution is -0.644. The molecule has 0 radical (unpaired) electrons. The van der Waals surface area contributed by atoms with Crippen LogP contribution in [-0.2, 0) is 40.4 Å². The van der Waals surface area contributed by atoms with Crippen molar-refractivity contribution >= 4 is 117 Å². The first-order chi connectivity index (χ1) is 36.1. The Hall–Kier alpha value is -6.48. The van der Waals surface area contributed by atoms with Gasteiger partial charge in [0, 0.05) is 114 Å². The van der Waals surface area contributed by atoms with Gasteiger partial charge in [0.25, 0.3) is 0 Å². The van der Waals surface area contributed by atoms with Crippen LogP contribution in [-0.4, -0.2) is 94.5 Å². The predicted molar refractivity (Wildman–Crippen MR) is 305 cm³/mol. The molecule has 0 bridgehead atoms. The van der Waals surface area contributed by atoms with E-state index in [1.165, 1.54) is 75.4 Å². The lowest BCUT2D eigenvalue weighted by Gasteiger charge is -2.23. The van der Waals surface area contributed by atoms with Gasteiger partial charge in [-0.2, -0.15) is 23.7 Å². The number of hydrogen-bond acceptors (Lipinski definition) is 15. The van der Waals surface area contributed by atoms with Gasteiger partial charge in [0.05, 0.1) is 55.8 Å². The zero-order valence-electron chi connectivity index (χ0n) is 42.8. The van der Waals surface area contributed by atoms with Crippen LogP contribution in [0.4, 0.5) is 28.4 Å². The molecule has 0 N–H and O–H groups in total. The topological polar surface area (TPSA) is 173 Å². The number of rotatable bonds is 10. The van der Waals surface area contributed by atoms with Crippen LogP contribution < -0.4 is 24.3 Å². The number of pyridine rings is 1. The highest BCUT2D eigenvalue weighted by Crippen LogP contribution is 2.38. The minimum absolute atomic E-state index is 0.194. The van der Waals surface area contributed by atoms with Gasteiger partial charge >= 0.3 is 10.4 Å². The summed E-state index contributed by atoms with van der Waals surface area (Å²) < 4.78 is 60.7. The number of alkyl halides is 2. The summed E-state index contributed by atoms with van der Waals surface area (Å²) in [7, 11) is 0.948. The van der Waals surface area contributed by atoms with Gasteiger partial charge in [0.15, 0.2) is 6.20 Å². The molecule has 75 heavy (non-hydrogen) atoms. The van der Waals surface area contributed by atoms with E-state index >= 15 is 0 Å². The molecule has 4 heterocycles. The molecular weight excluding hydrogens is 1040 g/mol. The number of para-hydroxylation sites is 2. The number of anilines is 4. The van der Waals surface area contributed by atoms with Gasteiger partial charge in [-0.05, 0) is 68.2 Å². The molecule has 0 amide bonds. The fourth-order valence-electron chi connectivity index (χ4n) is 8.80. The third-order valence-electron chi connectivity index (χ3n) is 12.5. The normalized spacial score (nSPS) is 14.8. The smallest absolute Gasteiger partial charge is 0.399 e. The van der Waals surface area contributed by atoms with Crippen LogP contribution in [0.5, 0.6) is 0 Å². The molecule has 20 heteroatoms. The molecule has 1 aromatic heterocycles. The Kier molecular flexibility index (Phi) is 21.5. The second kappa shape index (κ2) is 27.9. The van der Waals surface area contributed by atoms with Gasteiger partial charge in [0.1, 0.15) is 7.05 Å². The molecular formula is C55H62Cl2N8O8S2. The third-order valence-corrected chi connectivity index (χ3v) is 13.7. The van der Waals surface area contributed by atoms with E-state index in [0.717, 1.165) is 75.4 Å². The Bertz CT molecular complexity index is 3380. The van der Waals surface area contributed by atoms with Crippen LogP contribution in [0.2, 0.25) is 0 Å². The fraction of sp³-hybridized carbons (Fsp3) is 0.273. The minimum Gasteiger partial charge on any atom is -0.726 e. The van der Waals surface area contributed by atoms with Crippen LogP contribution in [0.3, 0.4) is 0 Å². The van der Waals surface area contributed by atoms with Crippen molar-refractivity contribution in [3.63, 3.8) is 0 Å². The number of hydrazone groups is 1. The summed E-state index contributed by atoms with van der Waals surface area (Å²) in [6.07, 6.45) is 15.1. The van der Waals surface area contributed by atoms with E-state index in [4.69, 9.17) is 28.3 Å². The van der Waals surface area contributed by atoms with E-state index in [-0.39, 0.29) is 5.34 Å². The molecule has 6 aromatic carbocycles. The summed E-state index contributed by atoms with van der Waals surface area (Å²) in [4.78, 5) is 7.10. The highest BCUT2D eigenvalue weighted by molar-refractivity contribution is 7.81. The Morgan fingerprint density at radius 2 is 1.17 bits per heavy atom. The summed E-state index contributed by atoms with van der Waals surface area (Å²) in [5.74, 6) is 0. The van der Waals surface area contributed by atoms with Gasteiger partial charge in [-0.25, -0.2) is 13.0 Å². The molecule has 0 atom stereocenters. The first-order valence-electron chi connectivity index (χ1n) is 23.9. The summed E-state index contributed by atoms with van der Waals surface area (Å²) in [5.41, 5.74) is 10.4. The highest BCUT2D eigenvalue weighted by atomic mass is 35.5. The van der Waals surface area contributed by atoms with Crippen molar-refractivity contribution in [2.45, 2.75) is 25.7 Å². The standard InChI is InChI=1S/C26H27N4.C25H24N4.C2H6O4S.CH2Cl2.CH4O4S/c1-28-18-15-20(21-9-5-6-12-24(21)28)19-27-29(2)25-13-14-26(30-16-7-8-17-30)23-11-4-3-10-22(23)25;1-28-17-14-19(20-8-4-5-11-24(20)28)18-26-27-23-12-13-25(29-15-6-7-16-29)22-10-3-2-9-21(22)23;1-5-7(3,4)6-2;2-1-3;1-5-6(2,3)4/h3-6,9-15,18-19H,7-8,16-17H2,1-2H3;2-5,8-14,17-18H,6-7,15-16H2,1H3;1-2H3;1H2;1H3,(H,2,3,4)/q+1;;;;/p-1/b;19-18+,27-26?;;;. The summed E-state index contributed by atoms with van der Waals surface area (Å²) in [5, 5.41) is 22.2. The molecule has 396 valence electrons. The second-order valence-electron chi connectivity index (χ2n) is 17.0. The molecule has 3 aliphatic rings. The number of fused-ring (bicyclic) bond motifs is 4. The predicted octanol–water partition coefficient (Wildman–Crippen LogP) is 11.5. The Morgan fingerprint density at radius 1 is 0.667 bits per heavy atom. The maximum absolute atomic E-state index is 9.92. The summed E-state index contributed by atoms with van der Waals surface area (Å²) >= 11 is 9.53. The van der Waals surface area contributed by atoms with Gasteiger partial charge in [-0.15, -0.1) is 23.2 Å². The number of aromatic nitrogens is 1. The molecule has 0 spiro atoms. The second-order valence-corrected chi connectivity index (χ2v) is 20.5. The lowest BCUT2D eigenvalue weighted by atomic mass is 10.0. The average molecular weight is 1100 g/mol. The number of halogens is 2.